The molecule has 3 N–H and O–H groups in total. The molecule has 7 atom stereocenters. The average molecular weight is 828 g/mol. The van der Waals surface area contributed by atoms with Gasteiger partial charge in [-0.3, -0.25) is 28.9 Å². The molecule has 0 spiro atoms. The first-order chi connectivity index (χ1) is 27.6. The highest BCUT2D eigenvalue weighted by atomic mass is 32.1. The number of piperidine rings is 1. The van der Waals surface area contributed by atoms with Gasteiger partial charge in [0, 0.05) is 37.4 Å². The summed E-state index contributed by atoms with van der Waals surface area (Å²) in [6, 6.07) is 5.50. The second-order valence-corrected chi connectivity index (χ2v) is 17.3. The van der Waals surface area contributed by atoms with E-state index in [0.717, 1.165) is 57.1 Å². The SMILES string of the molecule is CCCCCCN(C(=O)[C@@H](NC(=O)[C@H]1CCCCN1C)C(C)CC)[C@H](C[C@@H](OC(C)=O)c1nc(C(=O)N[C@@H](Cc2ccc(OC)cc2)C[C@H](C)C(=O)O)cs1)C(C)C. The minimum Gasteiger partial charge on any atom is -0.497 e. The number of rotatable bonds is 24. The van der Waals surface area contributed by atoms with E-state index in [1.165, 1.54) is 18.3 Å². The van der Waals surface area contributed by atoms with Crippen molar-refractivity contribution in [3.05, 3.63) is 45.9 Å². The van der Waals surface area contributed by atoms with Gasteiger partial charge in [-0.1, -0.05) is 85.8 Å². The van der Waals surface area contributed by atoms with Crippen molar-refractivity contribution < 1.29 is 38.6 Å². The predicted octanol–water partition coefficient (Wildman–Crippen LogP) is 7.05. The van der Waals surface area contributed by atoms with E-state index in [1.54, 1.807) is 19.4 Å². The molecule has 1 unspecified atom stereocenters. The van der Waals surface area contributed by atoms with E-state index in [-0.39, 0.29) is 54.3 Å². The monoisotopic (exact) mass is 827 g/mol. The number of hydrogen-bond donors (Lipinski definition) is 3. The number of carbonyl (C=O) groups is 5. The lowest BCUT2D eigenvalue weighted by Crippen LogP contribution is -2.59. The number of carboxylic acid groups (broad SMARTS) is 1. The van der Waals surface area contributed by atoms with Crippen LogP contribution >= 0.6 is 11.3 Å². The van der Waals surface area contributed by atoms with Crippen molar-refractivity contribution in [2.75, 3.05) is 27.2 Å². The third kappa shape index (κ3) is 14.7. The largest absolute Gasteiger partial charge is 0.497 e. The zero-order chi connectivity index (χ0) is 42.9. The lowest BCUT2D eigenvalue weighted by Gasteiger charge is -2.40. The van der Waals surface area contributed by atoms with Crippen molar-refractivity contribution in [3.8, 4) is 5.75 Å². The van der Waals surface area contributed by atoms with Crippen molar-refractivity contribution in [1.29, 1.82) is 0 Å². The molecule has 13 nitrogen and oxygen atoms in total. The summed E-state index contributed by atoms with van der Waals surface area (Å²) in [4.78, 5) is 75.3. The molecular formula is C44H69N5O8S. The van der Waals surface area contributed by atoms with Gasteiger partial charge in [0.25, 0.3) is 5.91 Å². The van der Waals surface area contributed by atoms with Gasteiger partial charge in [0.1, 0.15) is 22.5 Å². The number of ether oxygens (including phenoxy) is 2. The van der Waals surface area contributed by atoms with Crippen LogP contribution in [0.15, 0.2) is 29.6 Å². The zero-order valence-electron chi connectivity index (χ0n) is 36.3. The Morgan fingerprint density at radius 2 is 1.71 bits per heavy atom. The standard InChI is InChI=1S/C44H69N5O8S/c1-10-12-13-15-23-49(43(53)39(29(5)11-2)47-41(52)36-17-14-16-22-48(36)8)37(28(3)4)26-38(57-31(7)50)42-46-35(27-58-42)40(51)45-33(24-30(6)44(54)55)25-32-18-20-34(56-9)21-19-32/h18-21,27-30,33,36-39H,10-17,22-26H2,1-9H3,(H,45,51)(H,47,52)(H,54,55)/t29?,30-,33+,36+,37+,38+,39-/m0/s1. The third-order valence-corrected chi connectivity index (χ3v) is 12.3. The number of amides is 3. The Morgan fingerprint density at radius 3 is 2.29 bits per heavy atom. The second-order valence-electron chi connectivity index (χ2n) is 16.4. The third-order valence-electron chi connectivity index (χ3n) is 11.4. The fraction of sp³-hybridized carbons (Fsp3) is 0.682. The number of carboxylic acids is 1. The Bertz CT molecular complexity index is 1620. The smallest absolute Gasteiger partial charge is 0.306 e. The molecule has 0 bridgehead atoms. The fourth-order valence-electron chi connectivity index (χ4n) is 7.61. The number of likely N-dealkylation sites (tertiary alicyclic amines) is 1. The van der Waals surface area contributed by atoms with Crippen molar-refractivity contribution >= 4 is 41.0 Å². The van der Waals surface area contributed by atoms with Crippen LogP contribution in [-0.4, -0.2) is 101 Å². The first-order valence-corrected chi connectivity index (χ1v) is 22.1. The number of nitrogens with one attached hydrogen (secondary N) is 2. The summed E-state index contributed by atoms with van der Waals surface area (Å²) >= 11 is 1.20. The van der Waals surface area contributed by atoms with Crippen LogP contribution in [0.5, 0.6) is 5.75 Å². The Kier molecular flexibility index (Phi) is 20.1. The van der Waals surface area contributed by atoms with Gasteiger partial charge in [-0.2, -0.15) is 0 Å². The summed E-state index contributed by atoms with van der Waals surface area (Å²) in [5.41, 5.74) is 1.03. The number of aliphatic carboxylic acids is 1. The van der Waals surface area contributed by atoms with E-state index in [2.05, 4.69) is 27.4 Å². The lowest BCUT2D eigenvalue weighted by atomic mass is 9.91. The van der Waals surface area contributed by atoms with Crippen molar-refractivity contribution in [2.45, 2.75) is 149 Å². The van der Waals surface area contributed by atoms with Gasteiger partial charge in [0.15, 0.2) is 6.10 Å². The lowest BCUT2D eigenvalue weighted by molar-refractivity contribution is -0.150. The number of hydrogen-bond acceptors (Lipinski definition) is 10. The van der Waals surface area contributed by atoms with Gasteiger partial charge in [0.05, 0.1) is 19.1 Å². The number of carbonyl (C=O) groups excluding carboxylic acids is 4. The maximum absolute atomic E-state index is 14.9. The quantitative estimate of drug-likeness (QED) is 0.0738. The molecule has 1 aliphatic heterocycles. The number of likely N-dealkylation sites (N-methyl/N-ethyl adjacent to an activating group) is 1. The molecule has 2 heterocycles. The van der Waals surface area contributed by atoms with Gasteiger partial charge in [-0.05, 0) is 75.2 Å². The van der Waals surface area contributed by atoms with E-state index >= 15 is 0 Å². The van der Waals surface area contributed by atoms with Crippen molar-refractivity contribution in [3.63, 3.8) is 0 Å². The highest BCUT2D eigenvalue weighted by Crippen LogP contribution is 2.32. The van der Waals surface area contributed by atoms with Crippen LogP contribution in [0.3, 0.4) is 0 Å². The molecule has 1 aromatic carbocycles. The Balaban J connectivity index is 1.92. The molecule has 1 fully saturated rings. The number of nitrogens with zero attached hydrogens (tertiary/aromatic N) is 3. The molecule has 1 aromatic heterocycles. The van der Waals surface area contributed by atoms with Crippen LogP contribution in [0.1, 0.15) is 140 Å². The summed E-state index contributed by atoms with van der Waals surface area (Å²) in [5.74, 6) is -2.39. The molecule has 1 aliphatic rings. The van der Waals surface area contributed by atoms with Gasteiger partial charge in [0.2, 0.25) is 11.8 Å². The molecule has 0 radical (unpaired) electrons. The Hall–Kier alpha value is -4.04. The number of esters is 1. The molecule has 0 saturated carbocycles. The fourth-order valence-corrected chi connectivity index (χ4v) is 8.45. The van der Waals surface area contributed by atoms with Crippen LogP contribution < -0.4 is 15.4 Å². The number of thiazole rings is 1. The average Bonchev–Trinajstić information content (AvgIpc) is 3.69. The van der Waals surface area contributed by atoms with Crippen molar-refractivity contribution in [1.82, 2.24) is 25.4 Å². The molecule has 3 rings (SSSR count). The van der Waals surface area contributed by atoms with E-state index in [0.29, 0.717) is 30.1 Å². The van der Waals surface area contributed by atoms with Crippen LogP contribution in [0.2, 0.25) is 0 Å². The molecule has 0 aliphatic carbocycles. The molecule has 324 valence electrons. The van der Waals surface area contributed by atoms with E-state index in [1.807, 2.05) is 63.9 Å². The number of aromatic nitrogens is 1. The summed E-state index contributed by atoms with van der Waals surface area (Å²) in [7, 11) is 3.54. The van der Waals surface area contributed by atoms with Crippen LogP contribution in [0.25, 0.3) is 0 Å². The van der Waals surface area contributed by atoms with Crippen LogP contribution in [-0.2, 0) is 30.3 Å². The minimum atomic E-state index is -0.957. The van der Waals surface area contributed by atoms with Gasteiger partial charge >= 0.3 is 11.9 Å². The second kappa shape index (κ2) is 24.1. The molecule has 14 heteroatoms. The highest BCUT2D eigenvalue weighted by molar-refractivity contribution is 7.09. The molecule has 1 saturated heterocycles. The summed E-state index contributed by atoms with van der Waals surface area (Å²) in [5, 5.41) is 17.9. The highest BCUT2D eigenvalue weighted by Gasteiger charge is 2.38. The minimum absolute atomic E-state index is 0.0522. The Labute approximate surface area is 350 Å². The predicted molar refractivity (Wildman–Crippen MR) is 227 cm³/mol. The van der Waals surface area contributed by atoms with Gasteiger partial charge in [-0.25, -0.2) is 4.98 Å². The summed E-state index contributed by atoms with van der Waals surface area (Å²) < 4.78 is 11.2. The molecular weight excluding hydrogens is 759 g/mol. The first kappa shape index (κ1) is 48.3. The van der Waals surface area contributed by atoms with Crippen LogP contribution in [0.4, 0.5) is 0 Å². The number of methoxy groups -OCH3 is 1. The summed E-state index contributed by atoms with van der Waals surface area (Å²) in [6.45, 7) is 14.5. The van der Waals surface area contributed by atoms with Gasteiger partial charge in [-0.15, -0.1) is 11.3 Å². The zero-order valence-corrected chi connectivity index (χ0v) is 37.1. The molecule has 2 aromatic rings. The maximum Gasteiger partial charge on any atom is 0.306 e. The normalized spacial score (nSPS) is 17.7. The van der Waals surface area contributed by atoms with Crippen LogP contribution in [0, 0.1) is 17.8 Å². The Morgan fingerprint density at radius 1 is 1.00 bits per heavy atom. The van der Waals surface area contributed by atoms with Gasteiger partial charge < -0.3 is 30.1 Å². The topological polar surface area (TPSA) is 167 Å². The van der Waals surface area contributed by atoms with E-state index in [9.17, 15) is 29.1 Å². The van der Waals surface area contributed by atoms with E-state index in [4.69, 9.17) is 9.47 Å². The maximum atomic E-state index is 14.9. The molecule has 58 heavy (non-hydrogen) atoms. The van der Waals surface area contributed by atoms with Crippen molar-refractivity contribution in [2.24, 2.45) is 17.8 Å². The first-order valence-electron chi connectivity index (χ1n) is 21.2. The number of benzene rings is 1. The molecule has 3 amide bonds. The summed E-state index contributed by atoms with van der Waals surface area (Å²) in [6.07, 6.45) is 7.26. The van der Waals surface area contributed by atoms with E-state index < -0.39 is 42.0 Å². The number of unbranched alkanes of at least 4 members (excludes halogenated alkanes) is 3.